The van der Waals surface area contributed by atoms with Gasteiger partial charge in [-0.1, -0.05) is 0 Å². The van der Waals surface area contributed by atoms with Crippen molar-refractivity contribution >= 4 is 0 Å². The number of hydrogen-bond donors (Lipinski definition) is 3. The minimum absolute atomic E-state index is 0.00306. The van der Waals surface area contributed by atoms with E-state index in [-0.39, 0.29) is 19.3 Å². The van der Waals surface area contributed by atoms with Crippen molar-refractivity contribution in [3.8, 4) is 0 Å². The van der Waals surface area contributed by atoms with Gasteiger partial charge in [0.2, 0.25) is 0 Å². The lowest BCUT2D eigenvalue weighted by atomic mass is 10.1. The Morgan fingerprint density at radius 2 is 2.45 bits per heavy atom. The van der Waals surface area contributed by atoms with E-state index in [4.69, 9.17) is 9.84 Å². The number of β-amino-alcohol motifs (C(OH)–C–C–N with tert-alkyl or cyclic N) is 1. The molecule has 0 aliphatic carbocycles. The largest absolute Gasteiger partial charge is 0.394 e. The monoisotopic (exact) mass is 161 g/mol. The lowest BCUT2D eigenvalue weighted by molar-refractivity contribution is -0.0529. The molecule has 0 saturated carbocycles. The number of hydrogen-bond acceptors (Lipinski definition) is 4. The smallest absolute Gasteiger partial charge is 0.0975 e. The van der Waals surface area contributed by atoms with Gasteiger partial charge in [0, 0.05) is 13.1 Å². The molecule has 0 aromatic carbocycles. The summed E-state index contributed by atoms with van der Waals surface area (Å²) in [7, 11) is 0. The Bertz CT molecular complexity index is 127. The molecule has 1 rings (SSSR count). The van der Waals surface area contributed by atoms with Crippen molar-refractivity contribution in [1.29, 1.82) is 0 Å². The van der Waals surface area contributed by atoms with Gasteiger partial charge in [-0.3, -0.25) is 0 Å². The molecular weight excluding hydrogens is 146 g/mol. The number of aliphatic hydroxyl groups is 2. The standard InChI is InChI=1S/C7H15NO3/c1-7(10)4-8-2-6(3-9)11-5-7/h6,8-10H,2-5H2,1H3/t6-,7+/m1/s1. The van der Waals surface area contributed by atoms with Crippen molar-refractivity contribution in [3.05, 3.63) is 0 Å². The van der Waals surface area contributed by atoms with Crippen LogP contribution in [0.5, 0.6) is 0 Å². The number of aliphatic hydroxyl groups excluding tert-OH is 1. The molecule has 2 atom stereocenters. The Morgan fingerprint density at radius 1 is 1.73 bits per heavy atom. The van der Waals surface area contributed by atoms with Crippen LogP contribution in [-0.2, 0) is 4.74 Å². The van der Waals surface area contributed by atoms with Gasteiger partial charge in [0.1, 0.15) is 0 Å². The quantitative estimate of drug-likeness (QED) is 0.448. The molecule has 0 aromatic rings. The van der Waals surface area contributed by atoms with Crippen LogP contribution in [0.2, 0.25) is 0 Å². The van der Waals surface area contributed by atoms with Gasteiger partial charge >= 0.3 is 0 Å². The van der Waals surface area contributed by atoms with Gasteiger partial charge in [0.25, 0.3) is 0 Å². The highest BCUT2D eigenvalue weighted by Gasteiger charge is 2.25. The van der Waals surface area contributed by atoms with Crippen LogP contribution in [-0.4, -0.2) is 48.2 Å². The molecule has 1 aliphatic heterocycles. The summed E-state index contributed by atoms with van der Waals surface area (Å²) >= 11 is 0. The van der Waals surface area contributed by atoms with Gasteiger partial charge < -0.3 is 20.3 Å². The molecule has 1 saturated heterocycles. The maximum atomic E-state index is 9.50. The third kappa shape index (κ3) is 2.75. The molecule has 4 nitrogen and oxygen atoms in total. The lowest BCUT2D eigenvalue weighted by Gasteiger charge is -2.19. The zero-order valence-corrected chi connectivity index (χ0v) is 6.71. The second kappa shape index (κ2) is 3.49. The van der Waals surface area contributed by atoms with E-state index in [9.17, 15) is 5.11 Å². The van der Waals surface area contributed by atoms with Gasteiger partial charge in [0.05, 0.1) is 24.9 Å². The number of rotatable bonds is 1. The normalized spacial score (nSPS) is 40.1. The van der Waals surface area contributed by atoms with E-state index in [0.29, 0.717) is 13.1 Å². The first kappa shape index (κ1) is 8.93. The summed E-state index contributed by atoms with van der Waals surface area (Å²) in [6, 6.07) is 0. The molecule has 0 amide bonds. The van der Waals surface area contributed by atoms with Gasteiger partial charge in [-0.2, -0.15) is 0 Å². The van der Waals surface area contributed by atoms with E-state index >= 15 is 0 Å². The molecule has 1 heterocycles. The van der Waals surface area contributed by atoms with E-state index in [1.807, 2.05) is 0 Å². The summed E-state index contributed by atoms with van der Waals surface area (Å²) in [5.41, 5.74) is -0.802. The molecule has 11 heavy (non-hydrogen) atoms. The highest BCUT2D eigenvalue weighted by molar-refractivity contribution is 4.80. The number of nitrogens with one attached hydrogen (secondary N) is 1. The second-order valence-electron chi connectivity index (χ2n) is 3.24. The minimum atomic E-state index is -0.802. The van der Waals surface area contributed by atoms with Crippen LogP contribution >= 0.6 is 0 Å². The fourth-order valence-electron chi connectivity index (χ4n) is 1.03. The highest BCUT2D eigenvalue weighted by atomic mass is 16.5. The Morgan fingerprint density at radius 3 is 3.09 bits per heavy atom. The Kier molecular flexibility index (Phi) is 2.84. The SMILES string of the molecule is C[C@]1(O)CNC[C@H](CO)OC1. The summed E-state index contributed by atoms with van der Waals surface area (Å²) in [6.45, 7) is 3.12. The van der Waals surface area contributed by atoms with Crippen LogP contribution in [0, 0.1) is 0 Å². The molecule has 66 valence electrons. The molecule has 0 unspecified atom stereocenters. The predicted octanol–water partition coefficient (Wildman–Crippen LogP) is -1.28. The highest BCUT2D eigenvalue weighted by Crippen LogP contribution is 2.07. The third-order valence-corrected chi connectivity index (χ3v) is 1.71. The second-order valence-corrected chi connectivity index (χ2v) is 3.24. The molecule has 0 spiro atoms. The van der Waals surface area contributed by atoms with E-state index in [0.717, 1.165) is 0 Å². The van der Waals surface area contributed by atoms with Crippen LogP contribution < -0.4 is 5.32 Å². The van der Waals surface area contributed by atoms with Crippen LogP contribution in [0.25, 0.3) is 0 Å². The summed E-state index contributed by atoms with van der Waals surface area (Å²) in [4.78, 5) is 0. The summed E-state index contributed by atoms with van der Waals surface area (Å²) in [5.74, 6) is 0. The Balaban J connectivity index is 2.39. The van der Waals surface area contributed by atoms with Crippen LogP contribution in [0.3, 0.4) is 0 Å². The van der Waals surface area contributed by atoms with Crippen LogP contribution in [0.15, 0.2) is 0 Å². The first-order valence-corrected chi connectivity index (χ1v) is 3.79. The van der Waals surface area contributed by atoms with E-state index in [2.05, 4.69) is 5.32 Å². The van der Waals surface area contributed by atoms with Crippen LogP contribution in [0.1, 0.15) is 6.92 Å². The van der Waals surface area contributed by atoms with Crippen molar-refractivity contribution in [2.45, 2.75) is 18.6 Å². The van der Waals surface area contributed by atoms with Crippen LogP contribution in [0.4, 0.5) is 0 Å². The molecular formula is C7H15NO3. The fraction of sp³-hybridized carbons (Fsp3) is 1.00. The van der Waals surface area contributed by atoms with E-state index in [1.54, 1.807) is 6.92 Å². The summed E-state index contributed by atoms with van der Waals surface area (Å²) in [5, 5.41) is 21.2. The first-order valence-electron chi connectivity index (χ1n) is 3.79. The summed E-state index contributed by atoms with van der Waals surface area (Å²) < 4.78 is 5.20. The molecule has 0 radical (unpaired) electrons. The van der Waals surface area contributed by atoms with Crippen molar-refractivity contribution in [1.82, 2.24) is 5.32 Å². The maximum absolute atomic E-state index is 9.50. The molecule has 4 heteroatoms. The fourth-order valence-corrected chi connectivity index (χ4v) is 1.03. The topological polar surface area (TPSA) is 61.7 Å². The molecule has 0 aromatic heterocycles. The Labute approximate surface area is 66.2 Å². The average molecular weight is 161 g/mol. The molecule has 3 N–H and O–H groups in total. The predicted molar refractivity (Wildman–Crippen MR) is 40.3 cm³/mol. The van der Waals surface area contributed by atoms with E-state index < -0.39 is 5.60 Å². The summed E-state index contributed by atoms with van der Waals surface area (Å²) in [6.07, 6.45) is -0.177. The minimum Gasteiger partial charge on any atom is -0.394 e. The molecule has 1 fully saturated rings. The zero-order chi connectivity index (χ0) is 8.32. The van der Waals surface area contributed by atoms with Gasteiger partial charge in [0.15, 0.2) is 0 Å². The van der Waals surface area contributed by atoms with Crippen molar-refractivity contribution in [2.24, 2.45) is 0 Å². The third-order valence-electron chi connectivity index (χ3n) is 1.71. The maximum Gasteiger partial charge on any atom is 0.0975 e. The number of ether oxygens (including phenoxy) is 1. The Hall–Kier alpha value is -0.160. The van der Waals surface area contributed by atoms with Crippen molar-refractivity contribution in [2.75, 3.05) is 26.3 Å². The first-order chi connectivity index (χ1) is 5.14. The van der Waals surface area contributed by atoms with Crippen molar-refractivity contribution < 1.29 is 14.9 Å². The van der Waals surface area contributed by atoms with Gasteiger partial charge in [-0.15, -0.1) is 0 Å². The van der Waals surface area contributed by atoms with Gasteiger partial charge in [-0.05, 0) is 6.92 Å². The molecule has 0 bridgehead atoms. The lowest BCUT2D eigenvalue weighted by Crippen LogP contribution is -2.38. The molecule has 1 aliphatic rings. The van der Waals surface area contributed by atoms with Crippen molar-refractivity contribution in [3.63, 3.8) is 0 Å². The average Bonchev–Trinajstić information content (AvgIpc) is 2.10. The zero-order valence-electron chi connectivity index (χ0n) is 6.71. The van der Waals surface area contributed by atoms with E-state index in [1.165, 1.54) is 0 Å². The van der Waals surface area contributed by atoms with Gasteiger partial charge in [-0.25, -0.2) is 0 Å².